The predicted octanol–water partition coefficient (Wildman–Crippen LogP) is 2.97. The number of hydrogen-bond donors (Lipinski definition) is 1. The Labute approximate surface area is 135 Å². The summed E-state index contributed by atoms with van der Waals surface area (Å²) >= 11 is 0. The van der Waals surface area contributed by atoms with Gasteiger partial charge in [-0.25, -0.2) is 0 Å². The number of hydrogen-bond acceptors (Lipinski definition) is 4. The number of ketones is 1. The molecule has 23 heavy (non-hydrogen) atoms. The van der Waals surface area contributed by atoms with Crippen LogP contribution in [0.5, 0.6) is 5.75 Å². The first kappa shape index (κ1) is 16.5. The summed E-state index contributed by atoms with van der Waals surface area (Å²) in [6.45, 7) is 1.67. The highest BCUT2D eigenvalue weighted by molar-refractivity contribution is 5.98. The number of carbonyl (C=O) groups excluding carboxylic acids is 2. The Hall–Kier alpha value is -2.82. The topological polar surface area (TPSA) is 58.6 Å². The van der Waals surface area contributed by atoms with Gasteiger partial charge in [-0.2, -0.15) is 0 Å². The van der Waals surface area contributed by atoms with Crippen LogP contribution in [0.1, 0.15) is 17.3 Å². The molecule has 1 amide bonds. The monoisotopic (exact) mass is 312 g/mol. The maximum absolute atomic E-state index is 12.2. The third-order valence-electron chi connectivity index (χ3n) is 3.43. The number of methoxy groups -OCH3 is 1. The number of amides is 1. The molecule has 0 heterocycles. The first-order chi connectivity index (χ1) is 11.0. The lowest BCUT2D eigenvalue weighted by atomic mass is 10.1. The second kappa shape index (κ2) is 7.45. The number of ether oxygens (including phenoxy) is 1. The standard InChI is InChI=1S/C18H20N2O3/c1-13(21)14-7-6-8-15(11-14)19-18(22)12-20(2)16-9-4-5-10-17(16)23-3/h4-11H,12H2,1-3H3,(H,19,22). The number of rotatable bonds is 6. The van der Waals surface area contributed by atoms with Gasteiger partial charge in [-0.1, -0.05) is 24.3 Å². The fourth-order valence-corrected chi connectivity index (χ4v) is 2.26. The molecule has 0 radical (unpaired) electrons. The zero-order valence-electron chi connectivity index (χ0n) is 13.5. The quantitative estimate of drug-likeness (QED) is 0.833. The van der Waals surface area contributed by atoms with Gasteiger partial charge in [0.25, 0.3) is 0 Å². The number of anilines is 2. The van der Waals surface area contributed by atoms with Crippen molar-refractivity contribution in [2.24, 2.45) is 0 Å². The van der Waals surface area contributed by atoms with Crippen molar-refractivity contribution >= 4 is 23.1 Å². The lowest BCUT2D eigenvalue weighted by molar-refractivity contribution is -0.114. The van der Waals surface area contributed by atoms with E-state index in [2.05, 4.69) is 5.32 Å². The molecule has 2 aromatic rings. The molecule has 0 aliphatic carbocycles. The zero-order valence-corrected chi connectivity index (χ0v) is 13.5. The largest absolute Gasteiger partial charge is 0.495 e. The molecule has 0 aliphatic heterocycles. The number of Topliss-reactive ketones (excluding diaryl/α,β-unsaturated/α-hetero) is 1. The van der Waals surface area contributed by atoms with Gasteiger partial charge >= 0.3 is 0 Å². The van der Waals surface area contributed by atoms with Crippen LogP contribution >= 0.6 is 0 Å². The predicted molar refractivity (Wildman–Crippen MR) is 91.3 cm³/mol. The summed E-state index contributed by atoms with van der Waals surface area (Å²) in [5, 5.41) is 2.80. The lowest BCUT2D eigenvalue weighted by Gasteiger charge is -2.21. The van der Waals surface area contributed by atoms with Crippen molar-refractivity contribution in [1.82, 2.24) is 0 Å². The molecule has 0 unspecified atom stereocenters. The fraction of sp³-hybridized carbons (Fsp3) is 0.222. The molecule has 0 saturated heterocycles. The molecule has 0 aliphatic rings. The molecule has 0 saturated carbocycles. The van der Waals surface area contributed by atoms with Crippen molar-refractivity contribution in [3.8, 4) is 5.75 Å². The van der Waals surface area contributed by atoms with Gasteiger partial charge in [0.15, 0.2) is 5.78 Å². The maximum atomic E-state index is 12.2. The average Bonchev–Trinajstić information content (AvgIpc) is 2.54. The number of carbonyl (C=O) groups is 2. The van der Waals surface area contributed by atoms with E-state index < -0.39 is 0 Å². The van der Waals surface area contributed by atoms with Gasteiger partial charge in [0.05, 0.1) is 19.3 Å². The third-order valence-corrected chi connectivity index (χ3v) is 3.43. The van der Waals surface area contributed by atoms with Crippen LogP contribution in [-0.4, -0.2) is 32.4 Å². The van der Waals surface area contributed by atoms with E-state index in [0.29, 0.717) is 17.0 Å². The zero-order chi connectivity index (χ0) is 16.8. The molecular weight excluding hydrogens is 292 g/mol. The van der Waals surface area contributed by atoms with Crippen molar-refractivity contribution in [3.63, 3.8) is 0 Å². The Morgan fingerprint density at radius 2 is 1.87 bits per heavy atom. The van der Waals surface area contributed by atoms with E-state index in [1.165, 1.54) is 6.92 Å². The number of nitrogens with zero attached hydrogens (tertiary/aromatic N) is 1. The molecule has 0 aromatic heterocycles. The van der Waals surface area contributed by atoms with Crippen LogP contribution in [0.3, 0.4) is 0 Å². The van der Waals surface area contributed by atoms with E-state index in [1.54, 1.807) is 31.4 Å². The molecule has 0 bridgehead atoms. The Morgan fingerprint density at radius 3 is 2.57 bits per heavy atom. The SMILES string of the molecule is COc1ccccc1N(C)CC(=O)Nc1cccc(C(C)=O)c1. The second-order valence-corrected chi connectivity index (χ2v) is 5.21. The highest BCUT2D eigenvalue weighted by atomic mass is 16.5. The van der Waals surface area contributed by atoms with Crippen molar-refractivity contribution < 1.29 is 14.3 Å². The van der Waals surface area contributed by atoms with E-state index in [-0.39, 0.29) is 18.2 Å². The third kappa shape index (κ3) is 4.32. The Kier molecular flexibility index (Phi) is 5.36. The summed E-state index contributed by atoms with van der Waals surface area (Å²) in [7, 11) is 3.42. The number of nitrogens with one attached hydrogen (secondary N) is 1. The van der Waals surface area contributed by atoms with Crippen LogP contribution in [0.2, 0.25) is 0 Å². The molecule has 2 aromatic carbocycles. The van der Waals surface area contributed by atoms with Crippen molar-refractivity contribution in [3.05, 3.63) is 54.1 Å². The molecule has 2 rings (SSSR count). The minimum absolute atomic E-state index is 0.0350. The van der Waals surface area contributed by atoms with Gasteiger partial charge in [0.2, 0.25) is 5.91 Å². The van der Waals surface area contributed by atoms with E-state index in [0.717, 1.165) is 5.69 Å². The van der Waals surface area contributed by atoms with Crippen LogP contribution in [-0.2, 0) is 4.79 Å². The highest BCUT2D eigenvalue weighted by Crippen LogP contribution is 2.26. The summed E-state index contributed by atoms with van der Waals surface area (Å²) in [5.74, 6) is 0.507. The van der Waals surface area contributed by atoms with Crippen molar-refractivity contribution in [2.75, 3.05) is 30.9 Å². The Morgan fingerprint density at radius 1 is 1.13 bits per heavy atom. The average molecular weight is 312 g/mol. The van der Waals surface area contributed by atoms with Crippen LogP contribution < -0.4 is 15.0 Å². The molecule has 0 atom stereocenters. The first-order valence-corrected chi connectivity index (χ1v) is 7.26. The minimum atomic E-state index is -0.167. The molecule has 5 nitrogen and oxygen atoms in total. The maximum Gasteiger partial charge on any atom is 0.243 e. The van der Waals surface area contributed by atoms with Crippen LogP contribution in [0.15, 0.2) is 48.5 Å². The first-order valence-electron chi connectivity index (χ1n) is 7.26. The van der Waals surface area contributed by atoms with Crippen LogP contribution in [0, 0.1) is 0 Å². The van der Waals surface area contributed by atoms with Crippen molar-refractivity contribution in [2.45, 2.75) is 6.92 Å². The van der Waals surface area contributed by atoms with Gasteiger partial charge < -0.3 is 15.0 Å². The van der Waals surface area contributed by atoms with Gasteiger partial charge in [-0.05, 0) is 31.2 Å². The number of para-hydroxylation sites is 2. The summed E-state index contributed by atoms with van der Waals surface area (Å²) in [5.41, 5.74) is 2.01. The summed E-state index contributed by atoms with van der Waals surface area (Å²) in [4.78, 5) is 25.4. The van der Waals surface area contributed by atoms with Gasteiger partial charge in [-0.15, -0.1) is 0 Å². The number of likely N-dealkylation sites (N-methyl/N-ethyl adjacent to an activating group) is 1. The van der Waals surface area contributed by atoms with Gasteiger partial charge in [0.1, 0.15) is 5.75 Å². The summed E-state index contributed by atoms with van der Waals surface area (Å²) in [6, 6.07) is 14.4. The smallest absolute Gasteiger partial charge is 0.243 e. The molecule has 120 valence electrons. The molecular formula is C18H20N2O3. The fourth-order valence-electron chi connectivity index (χ4n) is 2.26. The van der Waals surface area contributed by atoms with E-state index in [4.69, 9.17) is 4.74 Å². The lowest BCUT2D eigenvalue weighted by Crippen LogP contribution is -2.30. The molecule has 5 heteroatoms. The minimum Gasteiger partial charge on any atom is -0.495 e. The highest BCUT2D eigenvalue weighted by Gasteiger charge is 2.12. The van der Waals surface area contributed by atoms with E-state index >= 15 is 0 Å². The van der Waals surface area contributed by atoms with Crippen LogP contribution in [0.25, 0.3) is 0 Å². The van der Waals surface area contributed by atoms with Gasteiger partial charge in [-0.3, -0.25) is 9.59 Å². The Bertz CT molecular complexity index is 713. The second-order valence-electron chi connectivity index (χ2n) is 5.21. The van der Waals surface area contributed by atoms with Crippen LogP contribution in [0.4, 0.5) is 11.4 Å². The Balaban J connectivity index is 2.04. The van der Waals surface area contributed by atoms with Gasteiger partial charge in [0, 0.05) is 18.3 Å². The van der Waals surface area contributed by atoms with E-state index in [1.807, 2.05) is 36.2 Å². The summed E-state index contributed by atoms with van der Waals surface area (Å²) < 4.78 is 5.30. The number of benzene rings is 2. The summed E-state index contributed by atoms with van der Waals surface area (Å²) in [6.07, 6.45) is 0. The molecule has 0 spiro atoms. The normalized spacial score (nSPS) is 10.0. The molecule has 1 N–H and O–H groups in total. The molecule has 0 fully saturated rings. The van der Waals surface area contributed by atoms with E-state index in [9.17, 15) is 9.59 Å². The van der Waals surface area contributed by atoms with Crippen molar-refractivity contribution in [1.29, 1.82) is 0 Å².